The first-order valence-corrected chi connectivity index (χ1v) is 13.0. The molecule has 0 atom stereocenters. The Morgan fingerprint density at radius 1 is 1.10 bits per heavy atom. The number of hydrogen-bond donors (Lipinski definition) is 1. The van der Waals surface area contributed by atoms with Crippen LogP contribution in [0.2, 0.25) is 5.02 Å². The monoisotopic (exact) mass is 555 g/mol. The number of rotatable bonds is 6. The van der Waals surface area contributed by atoms with Crippen molar-refractivity contribution in [2.45, 2.75) is 19.4 Å². The van der Waals surface area contributed by atoms with E-state index in [1.165, 1.54) is 18.7 Å². The van der Waals surface area contributed by atoms with Gasteiger partial charge in [-0.25, -0.2) is 24.5 Å². The molecular weight excluding hydrogens is 530 g/mol. The van der Waals surface area contributed by atoms with E-state index in [0.29, 0.717) is 58.7 Å². The number of amides is 1. The third kappa shape index (κ3) is 4.87. The van der Waals surface area contributed by atoms with Crippen molar-refractivity contribution in [3.63, 3.8) is 0 Å². The van der Waals surface area contributed by atoms with Crippen LogP contribution in [0.25, 0.3) is 16.7 Å². The highest BCUT2D eigenvalue weighted by Gasteiger charge is 2.36. The molecule has 0 radical (unpaired) electrons. The van der Waals surface area contributed by atoms with Gasteiger partial charge in [-0.3, -0.25) is 4.79 Å². The van der Waals surface area contributed by atoms with Crippen LogP contribution >= 0.6 is 11.6 Å². The van der Waals surface area contributed by atoms with Crippen molar-refractivity contribution in [3.05, 3.63) is 79.0 Å². The summed E-state index contributed by atoms with van der Waals surface area (Å²) in [4.78, 5) is 34.3. The zero-order valence-corrected chi connectivity index (χ0v) is 22.7. The number of pyridine rings is 2. The van der Waals surface area contributed by atoms with Crippen molar-refractivity contribution < 1.29 is 9.53 Å². The molecule has 40 heavy (non-hydrogen) atoms. The lowest BCUT2D eigenvalue weighted by atomic mass is 9.98. The molecule has 0 unspecified atom stereocenters. The molecule has 12 heteroatoms. The lowest BCUT2D eigenvalue weighted by Gasteiger charge is -2.47. The predicted octanol–water partition coefficient (Wildman–Crippen LogP) is 4.87. The van der Waals surface area contributed by atoms with E-state index in [4.69, 9.17) is 21.3 Å². The van der Waals surface area contributed by atoms with Gasteiger partial charge in [0.05, 0.1) is 16.1 Å². The number of carbonyl (C=O) groups is 1. The number of halogens is 1. The summed E-state index contributed by atoms with van der Waals surface area (Å²) >= 11 is 6.57. The van der Waals surface area contributed by atoms with E-state index in [1.54, 1.807) is 35.0 Å². The highest BCUT2D eigenvalue weighted by molar-refractivity contribution is 6.32. The average molecular weight is 556 g/mol. The Kier molecular flexibility index (Phi) is 6.43. The zero-order chi connectivity index (χ0) is 27.9. The van der Waals surface area contributed by atoms with E-state index in [-0.39, 0.29) is 11.4 Å². The molecule has 4 aromatic heterocycles. The molecule has 5 aromatic rings. The van der Waals surface area contributed by atoms with E-state index >= 15 is 0 Å². The van der Waals surface area contributed by atoms with E-state index in [2.05, 4.69) is 36.8 Å². The zero-order valence-electron chi connectivity index (χ0n) is 22.0. The van der Waals surface area contributed by atoms with Crippen LogP contribution in [0, 0.1) is 0 Å². The van der Waals surface area contributed by atoms with Crippen LogP contribution in [0.4, 0.5) is 17.3 Å². The number of aromatic nitrogens is 6. The molecule has 0 saturated carbocycles. The Labute approximate surface area is 235 Å². The number of hydrogen-bond acceptors (Lipinski definition) is 9. The maximum Gasteiger partial charge on any atom is 0.246 e. The molecule has 0 aliphatic carbocycles. The molecular formula is C28H26ClN9O2. The summed E-state index contributed by atoms with van der Waals surface area (Å²) in [6, 6.07) is 12.8. The predicted molar refractivity (Wildman–Crippen MR) is 153 cm³/mol. The summed E-state index contributed by atoms with van der Waals surface area (Å²) in [5, 5.41) is 7.83. The fourth-order valence-electron chi connectivity index (χ4n) is 4.85. The summed E-state index contributed by atoms with van der Waals surface area (Å²) in [5.41, 5.74) is 2.34. The quantitative estimate of drug-likeness (QED) is 0.293. The fourth-order valence-corrected chi connectivity index (χ4v) is 5.07. The number of piperazine rings is 1. The van der Waals surface area contributed by atoms with Crippen molar-refractivity contribution in [1.29, 1.82) is 0 Å². The van der Waals surface area contributed by atoms with Gasteiger partial charge in [0, 0.05) is 37.6 Å². The minimum atomic E-state index is -0.379. The molecule has 1 fully saturated rings. The van der Waals surface area contributed by atoms with Gasteiger partial charge in [0.2, 0.25) is 5.91 Å². The number of nitrogens with one attached hydrogen (secondary N) is 1. The summed E-state index contributed by atoms with van der Waals surface area (Å²) in [6.07, 6.45) is 6.11. The molecule has 1 amide bonds. The van der Waals surface area contributed by atoms with E-state index < -0.39 is 0 Å². The lowest BCUT2D eigenvalue weighted by molar-refractivity contribution is -0.131. The summed E-state index contributed by atoms with van der Waals surface area (Å²) in [7, 11) is 0. The Balaban J connectivity index is 1.23. The van der Waals surface area contributed by atoms with Gasteiger partial charge in [-0.15, -0.1) is 0 Å². The van der Waals surface area contributed by atoms with Crippen molar-refractivity contribution >= 4 is 51.5 Å². The second-order valence-corrected chi connectivity index (χ2v) is 10.4. The molecule has 0 spiro atoms. The largest absolute Gasteiger partial charge is 0.456 e. The van der Waals surface area contributed by atoms with Gasteiger partial charge in [0.25, 0.3) is 0 Å². The Bertz CT molecular complexity index is 1750. The first-order valence-electron chi connectivity index (χ1n) is 12.7. The minimum absolute atomic E-state index is 0.0672. The van der Waals surface area contributed by atoms with Crippen LogP contribution in [0.1, 0.15) is 13.8 Å². The first kappa shape index (κ1) is 25.5. The second-order valence-electron chi connectivity index (χ2n) is 9.98. The topological polar surface area (TPSA) is 114 Å². The van der Waals surface area contributed by atoms with E-state index in [0.717, 1.165) is 11.5 Å². The van der Waals surface area contributed by atoms with Gasteiger partial charge in [-0.2, -0.15) is 5.10 Å². The summed E-state index contributed by atoms with van der Waals surface area (Å²) in [5.74, 6) is 2.37. The smallest absolute Gasteiger partial charge is 0.246 e. The van der Waals surface area contributed by atoms with Crippen LogP contribution in [0.5, 0.6) is 11.5 Å². The standard InChI is InChI=1S/C28H26ClN9O2/c1-4-25(39)37-12-11-36(15-28(37,2)3)23-8-6-21-26(35-23)27(32-16-30-21)34-18-5-7-22(20(29)13-18)40-19-9-10-38-24(14-19)31-17-33-38/h4-10,13-14,16-17H,1,11-12,15H2,2-3H3,(H,30,32,34). The highest BCUT2D eigenvalue weighted by Crippen LogP contribution is 2.34. The molecule has 1 aliphatic rings. The number of nitrogens with zero attached hydrogens (tertiary/aromatic N) is 8. The average Bonchev–Trinajstić information content (AvgIpc) is 3.41. The fraction of sp³-hybridized carbons (Fsp3) is 0.214. The van der Waals surface area contributed by atoms with Crippen LogP contribution in [-0.4, -0.2) is 65.5 Å². The molecule has 1 aromatic carbocycles. The third-order valence-corrected chi connectivity index (χ3v) is 7.10. The van der Waals surface area contributed by atoms with Gasteiger partial charge in [0.15, 0.2) is 11.5 Å². The third-order valence-electron chi connectivity index (χ3n) is 6.81. The van der Waals surface area contributed by atoms with Crippen molar-refractivity contribution in [2.24, 2.45) is 0 Å². The van der Waals surface area contributed by atoms with Crippen LogP contribution in [0.15, 0.2) is 74.0 Å². The number of anilines is 3. The number of benzene rings is 1. The second kappa shape index (κ2) is 10.1. The van der Waals surface area contributed by atoms with E-state index in [9.17, 15) is 4.79 Å². The summed E-state index contributed by atoms with van der Waals surface area (Å²) in [6.45, 7) is 9.58. The van der Waals surface area contributed by atoms with Gasteiger partial charge in [-0.1, -0.05) is 18.2 Å². The van der Waals surface area contributed by atoms with Crippen molar-refractivity contribution in [1.82, 2.24) is 34.4 Å². The Hall–Kier alpha value is -4.77. The SMILES string of the molecule is C=CC(=O)N1CCN(c2ccc3ncnc(Nc4ccc(Oc5ccn6ncnc6c5)c(Cl)c4)c3n2)CC1(C)C. The van der Waals surface area contributed by atoms with Gasteiger partial charge in [-0.05, 0) is 56.3 Å². The molecule has 1 aliphatic heterocycles. The molecule has 0 bridgehead atoms. The van der Waals surface area contributed by atoms with Crippen LogP contribution in [-0.2, 0) is 4.79 Å². The molecule has 5 heterocycles. The molecule has 1 N–H and O–H groups in total. The maximum absolute atomic E-state index is 12.3. The Morgan fingerprint density at radius 3 is 2.77 bits per heavy atom. The van der Waals surface area contributed by atoms with Gasteiger partial charge < -0.3 is 19.9 Å². The number of ether oxygens (including phenoxy) is 1. The molecule has 11 nitrogen and oxygen atoms in total. The minimum Gasteiger partial charge on any atom is -0.456 e. The van der Waals surface area contributed by atoms with Gasteiger partial charge in [0.1, 0.15) is 35.5 Å². The van der Waals surface area contributed by atoms with Crippen molar-refractivity contribution in [3.8, 4) is 11.5 Å². The first-order chi connectivity index (χ1) is 19.3. The number of fused-ring (bicyclic) bond motifs is 2. The lowest BCUT2D eigenvalue weighted by Crippen LogP contribution is -2.61. The van der Waals surface area contributed by atoms with Crippen LogP contribution in [0.3, 0.4) is 0 Å². The normalized spacial score (nSPS) is 14.9. The maximum atomic E-state index is 12.3. The summed E-state index contributed by atoms with van der Waals surface area (Å²) < 4.78 is 7.63. The molecule has 202 valence electrons. The Morgan fingerprint density at radius 2 is 1.98 bits per heavy atom. The molecule has 6 rings (SSSR count). The number of carbonyl (C=O) groups excluding carboxylic acids is 1. The van der Waals surface area contributed by atoms with Gasteiger partial charge >= 0.3 is 0 Å². The van der Waals surface area contributed by atoms with Crippen LogP contribution < -0.4 is 15.0 Å². The van der Waals surface area contributed by atoms with Crippen molar-refractivity contribution in [2.75, 3.05) is 29.9 Å². The highest BCUT2D eigenvalue weighted by atomic mass is 35.5. The molecule has 1 saturated heterocycles. The van der Waals surface area contributed by atoms with E-state index in [1.807, 2.05) is 36.9 Å².